The third-order valence-electron chi connectivity index (χ3n) is 5.51. The molecule has 0 saturated carbocycles. The molecule has 0 amide bonds. The fourth-order valence-electron chi connectivity index (χ4n) is 3.77. The maximum Gasteiger partial charge on any atom is 0.188 e. The number of aliphatic hydroxyl groups is 1. The van der Waals surface area contributed by atoms with Crippen LogP contribution in [-0.2, 0) is 17.8 Å². The topological polar surface area (TPSA) is 88.9 Å². The predicted octanol–water partition coefficient (Wildman–Crippen LogP) is 5.08. The quantitative estimate of drug-likeness (QED) is 0.357. The van der Waals surface area contributed by atoms with E-state index in [-0.39, 0.29) is 25.1 Å². The molecule has 1 unspecified atom stereocenters. The van der Waals surface area contributed by atoms with E-state index in [4.69, 9.17) is 21.1 Å². The summed E-state index contributed by atoms with van der Waals surface area (Å²) < 4.78 is 24.8. The largest absolute Gasteiger partial charge is 0.487 e. The summed E-state index contributed by atoms with van der Waals surface area (Å²) in [7, 11) is 0. The number of hydrogen-bond donors (Lipinski definition) is 2. The van der Waals surface area contributed by atoms with Gasteiger partial charge in [-0.15, -0.1) is 0 Å². The lowest BCUT2D eigenvalue weighted by Crippen LogP contribution is -2.18. The van der Waals surface area contributed by atoms with Crippen molar-refractivity contribution in [2.75, 3.05) is 18.5 Å². The van der Waals surface area contributed by atoms with Crippen molar-refractivity contribution in [1.29, 1.82) is 0 Å². The van der Waals surface area contributed by atoms with Gasteiger partial charge >= 0.3 is 0 Å². The highest BCUT2D eigenvalue weighted by Gasteiger charge is 2.19. The van der Waals surface area contributed by atoms with E-state index >= 15 is 0 Å². The highest BCUT2D eigenvalue weighted by molar-refractivity contribution is 6.32. The first kappa shape index (κ1) is 23.0. The molecule has 7 nitrogen and oxygen atoms in total. The maximum absolute atomic E-state index is 13.4. The molecule has 5 rings (SSSR count). The molecule has 3 aromatic carbocycles. The number of halogens is 2. The van der Waals surface area contributed by atoms with E-state index in [1.807, 2.05) is 24.3 Å². The number of hydrogen-bond acceptors (Lipinski definition) is 7. The molecule has 0 saturated heterocycles. The summed E-state index contributed by atoms with van der Waals surface area (Å²) >= 11 is 6.44. The second kappa shape index (κ2) is 10.2. The molecule has 1 aliphatic heterocycles. The van der Waals surface area contributed by atoms with Gasteiger partial charge in [0, 0.05) is 17.5 Å². The third-order valence-corrected chi connectivity index (χ3v) is 5.81. The minimum atomic E-state index is -0.310. The molecule has 9 heteroatoms. The van der Waals surface area contributed by atoms with E-state index in [1.165, 1.54) is 18.5 Å². The Balaban J connectivity index is 1.31. The molecular weight excluding hydrogens is 471 g/mol. The van der Waals surface area contributed by atoms with Gasteiger partial charge in [0.05, 0.1) is 23.7 Å². The summed E-state index contributed by atoms with van der Waals surface area (Å²) in [4.78, 5) is 13.1. The van der Waals surface area contributed by atoms with Gasteiger partial charge in [-0.05, 0) is 53.6 Å². The first-order valence-corrected chi connectivity index (χ1v) is 11.4. The zero-order chi connectivity index (χ0) is 24.2. The molecule has 1 aromatic heterocycles. The number of aliphatic imine (C=N–C) groups is 1. The van der Waals surface area contributed by atoms with Crippen molar-refractivity contribution in [2.24, 2.45) is 4.99 Å². The molecule has 0 radical (unpaired) electrons. The van der Waals surface area contributed by atoms with Gasteiger partial charge in [0.2, 0.25) is 0 Å². The number of benzene rings is 3. The maximum atomic E-state index is 13.4. The summed E-state index contributed by atoms with van der Waals surface area (Å²) in [6.45, 7) is 0.625. The normalized spacial score (nSPS) is 15.1. The van der Waals surface area contributed by atoms with Gasteiger partial charge in [0.25, 0.3) is 0 Å². The Labute approximate surface area is 206 Å². The Morgan fingerprint density at radius 1 is 1.09 bits per heavy atom. The standard InChI is InChI=1S/C26H22ClFN4O3/c27-22-11-19(5-7-24(22)34-14-17-2-1-3-18(28)8-17)32-26-21-9-16(4-6-23(21)30-15-31-26)10-25-29-12-20(13-33)35-25/h1-9,11,15,20,33H,10,12-14H2,(H,30,31,32). The Hall–Kier alpha value is -3.75. The zero-order valence-electron chi connectivity index (χ0n) is 18.6. The lowest BCUT2D eigenvalue weighted by atomic mass is 10.1. The Bertz CT molecular complexity index is 1400. The highest BCUT2D eigenvalue weighted by atomic mass is 35.5. The SMILES string of the molecule is OCC1CN=C(Cc2ccc3ncnc(Nc4ccc(OCc5cccc(F)c5)c(Cl)c4)c3c2)O1. The molecule has 0 fully saturated rings. The van der Waals surface area contributed by atoms with Crippen LogP contribution in [0.2, 0.25) is 5.02 Å². The van der Waals surface area contributed by atoms with Crippen LogP contribution in [0.4, 0.5) is 15.9 Å². The highest BCUT2D eigenvalue weighted by Crippen LogP contribution is 2.31. The van der Waals surface area contributed by atoms with Crippen LogP contribution in [0.1, 0.15) is 11.1 Å². The lowest BCUT2D eigenvalue weighted by Gasteiger charge is -2.13. The summed E-state index contributed by atoms with van der Waals surface area (Å²) in [6.07, 6.45) is 1.75. The monoisotopic (exact) mass is 492 g/mol. The Kier molecular flexibility index (Phi) is 6.74. The molecule has 178 valence electrons. The van der Waals surface area contributed by atoms with Crippen molar-refractivity contribution in [3.8, 4) is 5.75 Å². The van der Waals surface area contributed by atoms with Crippen molar-refractivity contribution in [2.45, 2.75) is 19.1 Å². The van der Waals surface area contributed by atoms with Crippen molar-refractivity contribution in [3.63, 3.8) is 0 Å². The van der Waals surface area contributed by atoms with Crippen LogP contribution < -0.4 is 10.1 Å². The van der Waals surface area contributed by atoms with Gasteiger partial charge in [-0.25, -0.2) is 14.4 Å². The molecule has 0 aliphatic carbocycles. The van der Waals surface area contributed by atoms with E-state index in [0.717, 1.165) is 22.2 Å². The first-order chi connectivity index (χ1) is 17.1. The van der Waals surface area contributed by atoms with E-state index in [9.17, 15) is 9.50 Å². The van der Waals surface area contributed by atoms with Gasteiger partial charge < -0.3 is 19.9 Å². The third kappa shape index (κ3) is 5.50. The van der Waals surface area contributed by atoms with Crippen molar-refractivity contribution < 1.29 is 19.0 Å². The van der Waals surface area contributed by atoms with Crippen LogP contribution in [-0.4, -0.2) is 40.2 Å². The molecule has 2 heterocycles. The summed E-state index contributed by atoms with van der Waals surface area (Å²) in [5.41, 5.74) is 3.22. The number of nitrogens with one attached hydrogen (secondary N) is 1. The zero-order valence-corrected chi connectivity index (χ0v) is 19.4. The summed E-state index contributed by atoms with van der Waals surface area (Å²) in [5.74, 6) is 1.42. The van der Waals surface area contributed by atoms with Gasteiger partial charge in [0.1, 0.15) is 36.4 Å². The van der Waals surface area contributed by atoms with Crippen LogP contribution in [0.25, 0.3) is 10.9 Å². The van der Waals surface area contributed by atoms with Crippen LogP contribution in [0, 0.1) is 5.82 Å². The second-order valence-corrected chi connectivity index (χ2v) is 8.50. The van der Waals surface area contributed by atoms with Gasteiger partial charge in [-0.2, -0.15) is 0 Å². The van der Waals surface area contributed by atoms with E-state index in [0.29, 0.717) is 41.0 Å². The Morgan fingerprint density at radius 2 is 2.00 bits per heavy atom. The number of nitrogens with zero attached hydrogens (tertiary/aromatic N) is 3. The van der Waals surface area contributed by atoms with Crippen LogP contribution >= 0.6 is 11.6 Å². The summed E-state index contributed by atoms with van der Waals surface area (Å²) in [5, 5.41) is 13.8. The molecule has 2 N–H and O–H groups in total. The number of fused-ring (bicyclic) bond motifs is 1. The summed E-state index contributed by atoms with van der Waals surface area (Å²) in [6, 6.07) is 17.5. The van der Waals surface area contributed by atoms with Gasteiger partial charge in [0.15, 0.2) is 5.90 Å². The fourth-order valence-corrected chi connectivity index (χ4v) is 4.01. The minimum absolute atomic E-state index is 0.0518. The number of ether oxygens (including phenoxy) is 2. The second-order valence-electron chi connectivity index (χ2n) is 8.10. The molecular formula is C26H22ClFN4O3. The number of aromatic nitrogens is 2. The number of anilines is 2. The fraction of sp³-hybridized carbons (Fsp3) is 0.192. The van der Waals surface area contributed by atoms with Crippen LogP contribution in [0.3, 0.4) is 0 Å². The average Bonchev–Trinajstić information content (AvgIpc) is 3.31. The Morgan fingerprint density at radius 3 is 2.80 bits per heavy atom. The molecule has 1 atom stereocenters. The van der Waals surface area contributed by atoms with Crippen molar-refractivity contribution in [1.82, 2.24) is 9.97 Å². The molecule has 0 spiro atoms. The molecule has 4 aromatic rings. The van der Waals surface area contributed by atoms with Crippen molar-refractivity contribution >= 4 is 39.9 Å². The molecule has 1 aliphatic rings. The lowest BCUT2D eigenvalue weighted by molar-refractivity contribution is 0.127. The smallest absolute Gasteiger partial charge is 0.188 e. The van der Waals surface area contributed by atoms with Crippen molar-refractivity contribution in [3.05, 3.63) is 89.0 Å². The number of rotatable bonds is 8. The van der Waals surface area contributed by atoms with E-state index in [1.54, 1.807) is 24.3 Å². The van der Waals surface area contributed by atoms with E-state index in [2.05, 4.69) is 20.3 Å². The van der Waals surface area contributed by atoms with Crippen LogP contribution in [0.5, 0.6) is 5.75 Å². The molecule has 35 heavy (non-hydrogen) atoms. The van der Waals surface area contributed by atoms with Gasteiger partial charge in [-0.1, -0.05) is 29.8 Å². The molecule has 0 bridgehead atoms. The predicted molar refractivity (Wildman–Crippen MR) is 133 cm³/mol. The number of aliphatic hydroxyl groups excluding tert-OH is 1. The minimum Gasteiger partial charge on any atom is -0.487 e. The average molecular weight is 493 g/mol. The van der Waals surface area contributed by atoms with Gasteiger partial charge in [-0.3, -0.25) is 4.99 Å². The first-order valence-electron chi connectivity index (χ1n) is 11.1. The van der Waals surface area contributed by atoms with Crippen LogP contribution in [0.15, 0.2) is 72.0 Å². The van der Waals surface area contributed by atoms with E-state index < -0.39 is 0 Å².